The van der Waals surface area contributed by atoms with E-state index in [1.807, 2.05) is 6.92 Å². The van der Waals surface area contributed by atoms with E-state index in [1.54, 1.807) is 0 Å². The summed E-state index contributed by atoms with van der Waals surface area (Å²) in [6.07, 6.45) is 5.06. The first-order valence-electron chi connectivity index (χ1n) is 5.79. The first-order valence-corrected chi connectivity index (χ1v) is 5.79. The van der Waals surface area contributed by atoms with E-state index in [4.69, 9.17) is 5.73 Å². The average Bonchev–Trinajstić information content (AvgIpc) is 2.59. The Labute approximate surface area is 96.3 Å². The van der Waals surface area contributed by atoms with Gasteiger partial charge in [-0.05, 0) is 37.0 Å². The number of imidazole rings is 1. The second kappa shape index (κ2) is 4.26. The Bertz CT molecular complexity index is 483. The molecule has 86 valence electrons. The largest absolute Gasteiger partial charge is 0.328 e. The van der Waals surface area contributed by atoms with Gasteiger partial charge in [-0.25, -0.2) is 4.98 Å². The quantitative estimate of drug-likeness (QED) is 0.857. The first-order chi connectivity index (χ1) is 7.56. The Hall–Kier alpha value is -1.35. The van der Waals surface area contributed by atoms with Crippen LogP contribution in [0.3, 0.4) is 0 Å². The lowest BCUT2D eigenvalue weighted by molar-refractivity contribution is 0.737. The lowest BCUT2D eigenvalue weighted by Gasteiger charge is -2.04. The second-order valence-corrected chi connectivity index (χ2v) is 4.80. The van der Waals surface area contributed by atoms with Gasteiger partial charge < -0.3 is 10.1 Å². The summed E-state index contributed by atoms with van der Waals surface area (Å²) in [5.74, 6) is 0.469. The zero-order valence-corrected chi connectivity index (χ0v) is 10.1. The van der Waals surface area contributed by atoms with Gasteiger partial charge in [0.2, 0.25) is 0 Å². The van der Waals surface area contributed by atoms with E-state index < -0.39 is 0 Å². The minimum atomic E-state index is 0.196. The molecule has 0 fully saturated rings. The van der Waals surface area contributed by atoms with Crippen LogP contribution >= 0.6 is 0 Å². The van der Waals surface area contributed by atoms with E-state index in [9.17, 15) is 0 Å². The van der Waals surface area contributed by atoms with Gasteiger partial charge in [-0.1, -0.05) is 13.8 Å². The van der Waals surface area contributed by atoms with Crippen LogP contribution in [-0.4, -0.2) is 15.4 Å². The molecule has 1 atom stereocenters. The summed E-state index contributed by atoms with van der Waals surface area (Å²) in [5.41, 5.74) is 9.20. The molecule has 2 aromatic rings. The van der Waals surface area contributed by atoms with Crippen LogP contribution in [0.15, 0.2) is 24.5 Å². The van der Waals surface area contributed by atoms with Crippen LogP contribution in [0.25, 0.3) is 5.65 Å². The number of hydrogen-bond donors (Lipinski definition) is 1. The average molecular weight is 217 g/mol. The van der Waals surface area contributed by atoms with Crippen molar-refractivity contribution < 1.29 is 0 Å². The summed E-state index contributed by atoms with van der Waals surface area (Å²) in [6.45, 7) is 6.34. The van der Waals surface area contributed by atoms with Crippen molar-refractivity contribution in [2.75, 3.05) is 0 Å². The van der Waals surface area contributed by atoms with Crippen molar-refractivity contribution in [3.8, 4) is 0 Å². The molecule has 0 aromatic carbocycles. The summed E-state index contributed by atoms with van der Waals surface area (Å²) < 4.78 is 2.07. The SMILES string of the molecule is CC(N)Cc1ccn2cc(C(C)C)nc2c1. The third-order valence-electron chi connectivity index (χ3n) is 2.69. The zero-order valence-electron chi connectivity index (χ0n) is 10.1. The third kappa shape index (κ3) is 2.25. The molecular weight excluding hydrogens is 198 g/mol. The Balaban J connectivity index is 2.38. The van der Waals surface area contributed by atoms with E-state index in [0.29, 0.717) is 5.92 Å². The molecule has 0 aliphatic carbocycles. The monoisotopic (exact) mass is 217 g/mol. The highest BCUT2D eigenvalue weighted by molar-refractivity contribution is 5.43. The molecule has 3 heteroatoms. The smallest absolute Gasteiger partial charge is 0.137 e. The molecule has 2 rings (SSSR count). The second-order valence-electron chi connectivity index (χ2n) is 4.80. The van der Waals surface area contributed by atoms with Gasteiger partial charge in [-0.3, -0.25) is 0 Å². The van der Waals surface area contributed by atoms with E-state index in [-0.39, 0.29) is 6.04 Å². The molecule has 0 saturated carbocycles. The van der Waals surface area contributed by atoms with Crippen molar-refractivity contribution in [2.24, 2.45) is 5.73 Å². The zero-order chi connectivity index (χ0) is 11.7. The third-order valence-corrected chi connectivity index (χ3v) is 2.69. The van der Waals surface area contributed by atoms with Crippen LogP contribution in [0.4, 0.5) is 0 Å². The molecule has 0 bridgehead atoms. The van der Waals surface area contributed by atoms with Crippen molar-refractivity contribution in [1.82, 2.24) is 9.38 Å². The molecule has 2 N–H and O–H groups in total. The molecule has 0 aliphatic heterocycles. The predicted molar refractivity (Wildman–Crippen MR) is 66.6 cm³/mol. The van der Waals surface area contributed by atoms with Crippen LogP contribution in [0.2, 0.25) is 0 Å². The number of hydrogen-bond acceptors (Lipinski definition) is 2. The van der Waals surface area contributed by atoms with Crippen molar-refractivity contribution in [1.29, 1.82) is 0 Å². The highest BCUT2D eigenvalue weighted by Gasteiger charge is 2.06. The molecule has 2 heterocycles. The first kappa shape index (κ1) is 11.1. The lowest BCUT2D eigenvalue weighted by atomic mass is 10.1. The number of nitrogens with zero attached hydrogens (tertiary/aromatic N) is 2. The van der Waals surface area contributed by atoms with Gasteiger partial charge >= 0.3 is 0 Å². The Morgan fingerprint density at radius 1 is 1.38 bits per heavy atom. The Morgan fingerprint density at radius 3 is 2.75 bits per heavy atom. The molecule has 0 saturated heterocycles. The van der Waals surface area contributed by atoms with Crippen LogP contribution in [-0.2, 0) is 6.42 Å². The molecular formula is C13H19N3. The predicted octanol–water partition coefficient (Wildman–Crippen LogP) is 2.35. The summed E-state index contributed by atoms with van der Waals surface area (Å²) in [7, 11) is 0. The van der Waals surface area contributed by atoms with E-state index in [0.717, 1.165) is 17.8 Å². The summed E-state index contributed by atoms with van der Waals surface area (Å²) in [5, 5.41) is 0. The van der Waals surface area contributed by atoms with Crippen molar-refractivity contribution in [3.05, 3.63) is 35.8 Å². The maximum atomic E-state index is 5.79. The molecule has 0 radical (unpaired) electrons. The fraction of sp³-hybridized carbons (Fsp3) is 0.462. The van der Waals surface area contributed by atoms with Gasteiger partial charge in [0.05, 0.1) is 5.69 Å². The standard InChI is InChI=1S/C13H19N3/c1-9(2)12-8-16-5-4-11(6-10(3)14)7-13(16)15-12/h4-5,7-10H,6,14H2,1-3H3. The van der Waals surface area contributed by atoms with Gasteiger partial charge in [-0.2, -0.15) is 0 Å². The summed E-state index contributed by atoms with van der Waals surface area (Å²) in [4.78, 5) is 4.60. The number of nitrogens with two attached hydrogens (primary N) is 1. The van der Waals surface area contributed by atoms with Crippen LogP contribution < -0.4 is 5.73 Å². The highest BCUT2D eigenvalue weighted by atomic mass is 15.0. The van der Waals surface area contributed by atoms with Gasteiger partial charge in [0.1, 0.15) is 5.65 Å². The number of rotatable bonds is 3. The topological polar surface area (TPSA) is 43.3 Å². The van der Waals surface area contributed by atoms with Crippen molar-refractivity contribution in [2.45, 2.75) is 39.2 Å². The fourth-order valence-electron chi connectivity index (χ4n) is 1.82. The highest BCUT2D eigenvalue weighted by Crippen LogP contribution is 2.15. The fourth-order valence-corrected chi connectivity index (χ4v) is 1.82. The molecule has 2 aromatic heterocycles. The number of fused-ring (bicyclic) bond motifs is 1. The Morgan fingerprint density at radius 2 is 2.12 bits per heavy atom. The van der Waals surface area contributed by atoms with Crippen molar-refractivity contribution >= 4 is 5.65 Å². The van der Waals surface area contributed by atoms with Crippen molar-refractivity contribution in [3.63, 3.8) is 0 Å². The van der Waals surface area contributed by atoms with Gasteiger partial charge in [0.15, 0.2) is 0 Å². The normalized spacial score (nSPS) is 13.6. The summed E-state index contributed by atoms with van der Waals surface area (Å²) in [6, 6.07) is 4.43. The van der Waals surface area contributed by atoms with Crippen LogP contribution in [0.1, 0.15) is 37.9 Å². The molecule has 16 heavy (non-hydrogen) atoms. The van der Waals surface area contributed by atoms with E-state index >= 15 is 0 Å². The lowest BCUT2D eigenvalue weighted by Crippen LogP contribution is -2.17. The minimum absolute atomic E-state index is 0.196. The minimum Gasteiger partial charge on any atom is -0.328 e. The molecule has 0 spiro atoms. The van der Waals surface area contributed by atoms with Gasteiger partial charge in [-0.15, -0.1) is 0 Å². The maximum Gasteiger partial charge on any atom is 0.137 e. The molecule has 0 aliphatic rings. The molecule has 0 amide bonds. The number of aromatic nitrogens is 2. The van der Waals surface area contributed by atoms with Crippen LogP contribution in [0.5, 0.6) is 0 Å². The molecule has 1 unspecified atom stereocenters. The summed E-state index contributed by atoms with van der Waals surface area (Å²) >= 11 is 0. The van der Waals surface area contributed by atoms with E-state index in [2.05, 4.69) is 47.8 Å². The maximum absolute atomic E-state index is 5.79. The van der Waals surface area contributed by atoms with Gasteiger partial charge in [0, 0.05) is 18.4 Å². The number of pyridine rings is 1. The van der Waals surface area contributed by atoms with E-state index in [1.165, 1.54) is 5.56 Å². The molecule has 3 nitrogen and oxygen atoms in total. The van der Waals surface area contributed by atoms with Gasteiger partial charge in [0.25, 0.3) is 0 Å². The Kier molecular flexibility index (Phi) is 2.97. The van der Waals surface area contributed by atoms with Crippen LogP contribution in [0, 0.1) is 0 Å².